The molecule has 4 N–H and O–H groups in total. The Morgan fingerprint density at radius 2 is 2.05 bits per heavy atom. The molecular formula is C15H19N5O. The van der Waals surface area contributed by atoms with Crippen LogP contribution in [0.3, 0.4) is 0 Å². The highest BCUT2D eigenvalue weighted by atomic mass is 16.3. The van der Waals surface area contributed by atoms with E-state index in [2.05, 4.69) is 44.5 Å². The first-order valence-corrected chi connectivity index (χ1v) is 7.07. The molecule has 2 aromatic rings. The Kier molecular flexibility index (Phi) is 3.87. The third-order valence-corrected chi connectivity index (χ3v) is 3.60. The minimum absolute atomic E-state index is 0.0519. The molecule has 21 heavy (non-hydrogen) atoms. The van der Waals surface area contributed by atoms with Gasteiger partial charge in [-0.15, -0.1) is 0 Å². The second-order valence-electron chi connectivity index (χ2n) is 5.06. The van der Waals surface area contributed by atoms with Crippen LogP contribution in [0.15, 0.2) is 30.3 Å². The van der Waals surface area contributed by atoms with Gasteiger partial charge in [-0.1, -0.05) is 24.3 Å². The lowest BCUT2D eigenvalue weighted by Crippen LogP contribution is -2.31. The number of rotatable bonds is 4. The van der Waals surface area contributed by atoms with Crippen LogP contribution < -0.4 is 16.0 Å². The predicted molar refractivity (Wildman–Crippen MR) is 83.2 cm³/mol. The normalized spacial score (nSPS) is 13.9. The van der Waals surface area contributed by atoms with Crippen LogP contribution >= 0.6 is 0 Å². The van der Waals surface area contributed by atoms with Crippen LogP contribution in [0.1, 0.15) is 11.1 Å². The summed E-state index contributed by atoms with van der Waals surface area (Å²) in [6.07, 6.45) is 0.999. The van der Waals surface area contributed by atoms with Gasteiger partial charge < -0.3 is 21.1 Å². The third kappa shape index (κ3) is 3.05. The molecule has 0 amide bonds. The number of aliphatic hydroxyl groups excluding tert-OH is 1. The van der Waals surface area contributed by atoms with E-state index in [1.807, 2.05) is 6.07 Å². The Bertz CT molecular complexity index is 631. The van der Waals surface area contributed by atoms with Crippen LogP contribution in [0.2, 0.25) is 0 Å². The van der Waals surface area contributed by atoms with E-state index in [1.54, 1.807) is 0 Å². The number of benzene rings is 1. The standard InChI is InChI=1S/C15H19N5O/c16-15-18-13(17-6-8-21)9-14(19-15)20-7-5-11-3-1-2-4-12(11)10-20/h1-4,9,21H,5-8,10H2,(H3,16,17,18,19). The van der Waals surface area contributed by atoms with E-state index >= 15 is 0 Å². The molecule has 0 bridgehead atoms. The van der Waals surface area contributed by atoms with Gasteiger partial charge in [0, 0.05) is 25.7 Å². The summed E-state index contributed by atoms with van der Waals surface area (Å²) in [5.41, 5.74) is 8.50. The van der Waals surface area contributed by atoms with Gasteiger partial charge in [0.15, 0.2) is 0 Å². The van der Waals surface area contributed by atoms with Crippen LogP contribution in [0.5, 0.6) is 0 Å². The second-order valence-corrected chi connectivity index (χ2v) is 5.06. The molecule has 1 aromatic heterocycles. The molecule has 0 atom stereocenters. The quantitative estimate of drug-likeness (QED) is 0.777. The summed E-state index contributed by atoms with van der Waals surface area (Å²) in [5.74, 6) is 1.70. The Morgan fingerprint density at radius 3 is 2.86 bits per heavy atom. The molecule has 0 saturated heterocycles. The Hall–Kier alpha value is -2.34. The monoisotopic (exact) mass is 285 g/mol. The average Bonchev–Trinajstić information content (AvgIpc) is 2.52. The van der Waals surface area contributed by atoms with Crippen molar-refractivity contribution in [2.24, 2.45) is 0 Å². The fourth-order valence-electron chi connectivity index (χ4n) is 2.58. The molecule has 0 fully saturated rings. The third-order valence-electron chi connectivity index (χ3n) is 3.60. The van der Waals surface area contributed by atoms with Crippen molar-refractivity contribution >= 4 is 17.6 Å². The minimum Gasteiger partial charge on any atom is -0.395 e. The molecule has 1 aliphatic rings. The summed E-state index contributed by atoms with van der Waals surface area (Å²) in [6, 6.07) is 10.3. The molecule has 0 unspecified atom stereocenters. The van der Waals surface area contributed by atoms with Gasteiger partial charge >= 0.3 is 0 Å². The molecule has 110 valence electrons. The number of aromatic nitrogens is 2. The maximum atomic E-state index is 8.88. The fourth-order valence-corrected chi connectivity index (χ4v) is 2.58. The highest BCUT2D eigenvalue weighted by molar-refractivity contribution is 5.54. The number of hydrogen-bond donors (Lipinski definition) is 3. The molecule has 1 aromatic carbocycles. The average molecular weight is 285 g/mol. The van der Waals surface area contributed by atoms with Gasteiger partial charge in [-0.25, -0.2) is 0 Å². The van der Waals surface area contributed by atoms with Gasteiger partial charge in [0.25, 0.3) is 0 Å². The second kappa shape index (κ2) is 5.97. The molecule has 0 spiro atoms. The lowest BCUT2D eigenvalue weighted by molar-refractivity contribution is 0.311. The van der Waals surface area contributed by atoms with Crippen LogP contribution in [-0.2, 0) is 13.0 Å². The Balaban J connectivity index is 1.83. The summed E-state index contributed by atoms with van der Waals surface area (Å²) in [6.45, 7) is 2.23. The van der Waals surface area contributed by atoms with E-state index in [0.29, 0.717) is 12.4 Å². The lowest BCUT2D eigenvalue weighted by Gasteiger charge is -2.30. The van der Waals surface area contributed by atoms with Gasteiger partial charge in [0.1, 0.15) is 11.6 Å². The Labute approximate surface area is 123 Å². The summed E-state index contributed by atoms with van der Waals surface area (Å²) in [4.78, 5) is 10.7. The van der Waals surface area contributed by atoms with Crippen molar-refractivity contribution in [1.29, 1.82) is 0 Å². The summed E-state index contributed by atoms with van der Waals surface area (Å²) >= 11 is 0. The van der Waals surface area contributed by atoms with E-state index in [9.17, 15) is 0 Å². The van der Waals surface area contributed by atoms with Crippen molar-refractivity contribution in [3.63, 3.8) is 0 Å². The van der Waals surface area contributed by atoms with Crippen LogP contribution in [0.4, 0.5) is 17.6 Å². The lowest BCUT2D eigenvalue weighted by atomic mass is 10.00. The summed E-state index contributed by atoms with van der Waals surface area (Å²) in [5, 5.41) is 11.9. The molecular weight excluding hydrogens is 266 g/mol. The molecule has 1 aliphatic heterocycles. The number of hydrogen-bond acceptors (Lipinski definition) is 6. The van der Waals surface area contributed by atoms with Crippen molar-refractivity contribution in [2.45, 2.75) is 13.0 Å². The zero-order valence-electron chi connectivity index (χ0n) is 11.8. The molecule has 0 aliphatic carbocycles. The molecule has 6 nitrogen and oxygen atoms in total. The van der Waals surface area contributed by atoms with Gasteiger partial charge in [-0.3, -0.25) is 0 Å². The summed E-state index contributed by atoms with van der Waals surface area (Å²) in [7, 11) is 0. The van der Waals surface area contributed by atoms with Gasteiger partial charge in [-0.05, 0) is 17.5 Å². The molecule has 3 rings (SSSR count). The first kappa shape index (κ1) is 13.6. The molecule has 6 heteroatoms. The molecule has 0 saturated carbocycles. The fraction of sp³-hybridized carbons (Fsp3) is 0.333. The van der Waals surface area contributed by atoms with Gasteiger partial charge in [0.05, 0.1) is 6.61 Å². The number of anilines is 3. The van der Waals surface area contributed by atoms with Crippen molar-refractivity contribution < 1.29 is 5.11 Å². The zero-order valence-corrected chi connectivity index (χ0v) is 11.8. The number of nitrogens with one attached hydrogen (secondary N) is 1. The van der Waals surface area contributed by atoms with Crippen LogP contribution in [0.25, 0.3) is 0 Å². The highest BCUT2D eigenvalue weighted by Crippen LogP contribution is 2.24. The predicted octanol–water partition coefficient (Wildman–Crippen LogP) is 1.03. The van der Waals surface area contributed by atoms with Crippen LogP contribution in [-0.4, -0.2) is 34.8 Å². The van der Waals surface area contributed by atoms with Gasteiger partial charge in [0.2, 0.25) is 5.95 Å². The maximum Gasteiger partial charge on any atom is 0.223 e. The maximum absolute atomic E-state index is 8.88. The van der Waals surface area contributed by atoms with E-state index in [4.69, 9.17) is 10.8 Å². The number of aliphatic hydroxyl groups is 1. The molecule has 2 heterocycles. The zero-order chi connectivity index (χ0) is 14.7. The SMILES string of the molecule is Nc1nc(NCCO)cc(N2CCc3ccccc3C2)n1. The largest absolute Gasteiger partial charge is 0.395 e. The topological polar surface area (TPSA) is 87.3 Å². The van der Waals surface area contributed by atoms with Gasteiger partial charge in [-0.2, -0.15) is 9.97 Å². The van der Waals surface area contributed by atoms with Crippen molar-refractivity contribution in [3.05, 3.63) is 41.5 Å². The van der Waals surface area contributed by atoms with E-state index in [0.717, 1.165) is 25.3 Å². The van der Waals surface area contributed by atoms with E-state index in [-0.39, 0.29) is 12.6 Å². The van der Waals surface area contributed by atoms with Crippen molar-refractivity contribution in [3.8, 4) is 0 Å². The minimum atomic E-state index is 0.0519. The first-order valence-electron chi connectivity index (χ1n) is 7.07. The number of nitrogens with zero attached hydrogens (tertiary/aromatic N) is 3. The number of nitrogen functional groups attached to an aromatic ring is 1. The van der Waals surface area contributed by atoms with Crippen LogP contribution in [0, 0.1) is 0 Å². The van der Waals surface area contributed by atoms with E-state index in [1.165, 1.54) is 11.1 Å². The first-order chi connectivity index (χ1) is 10.3. The molecule has 0 radical (unpaired) electrons. The summed E-state index contributed by atoms with van der Waals surface area (Å²) < 4.78 is 0. The highest BCUT2D eigenvalue weighted by Gasteiger charge is 2.18. The number of nitrogens with two attached hydrogens (primary N) is 1. The Morgan fingerprint density at radius 1 is 1.24 bits per heavy atom. The van der Waals surface area contributed by atoms with Crippen molar-refractivity contribution in [1.82, 2.24) is 9.97 Å². The van der Waals surface area contributed by atoms with Crippen molar-refractivity contribution in [2.75, 3.05) is 35.6 Å². The van der Waals surface area contributed by atoms with E-state index < -0.39 is 0 Å². The smallest absolute Gasteiger partial charge is 0.223 e. The number of fused-ring (bicyclic) bond motifs is 1.